The number of carbonyl (C=O) groups is 2. The Morgan fingerprint density at radius 2 is 1.77 bits per heavy atom. The van der Waals surface area contributed by atoms with E-state index in [2.05, 4.69) is 5.32 Å². The number of hydrogen-bond donors (Lipinski definition) is 2. The summed E-state index contributed by atoms with van der Waals surface area (Å²) in [6.07, 6.45) is 1.52. The number of aliphatic hydroxyl groups is 1. The molecule has 2 amide bonds. The van der Waals surface area contributed by atoms with Crippen LogP contribution in [0, 0.1) is 12.8 Å². The number of likely N-dealkylation sites (N-methyl/N-ethyl adjacent to an activating group) is 1. The summed E-state index contributed by atoms with van der Waals surface area (Å²) in [5.74, 6) is -0.618. The fourth-order valence-corrected chi connectivity index (χ4v) is 6.68. The minimum absolute atomic E-state index is 0.0820. The minimum atomic E-state index is -3.79. The highest BCUT2D eigenvalue weighted by atomic mass is 32.2. The predicted octanol–water partition coefficient (Wildman–Crippen LogP) is 5.36. The molecule has 0 unspecified atom stereocenters. The first-order valence-electron chi connectivity index (χ1n) is 16.1. The van der Waals surface area contributed by atoms with Crippen LogP contribution >= 0.6 is 0 Å². The summed E-state index contributed by atoms with van der Waals surface area (Å²) in [4.78, 5) is 29.0. The van der Waals surface area contributed by atoms with Crippen molar-refractivity contribution in [3.63, 3.8) is 0 Å². The number of nitrogens with zero attached hydrogens (tertiary/aromatic N) is 2. The van der Waals surface area contributed by atoms with Gasteiger partial charge in [-0.05, 0) is 82.5 Å². The molecule has 0 fully saturated rings. The molecular weight excluding hydrogens is 618 g/mol. The van der Waals surface area contributed by atoms with Gasteiger partial charge in [-0.15, -0.1) is 0 Å². The molecule has 0 aromatic heterocycles. The smallest absolute Gasteiger partial charge is 0.258 e. The molecule has 0 radical (unpaired) electrons. The largest absolute Gasteiger partial charge is 0.490 e. The Morgan fingerprint density at radius 1 is 1.06 bits per heavy atom. The first-order chi connectivity index (χ1) is 22.4. The van der Waals surface area contributed by atoms with E-state index in [4.69, 9.17) is 9.47 Å². The van der Waals surface area contributed by atoms with Crippen LogP contribution in [0.3, 0.4) is 0 Å². The Morgan fingerprint density at radius 3 is 2.45 bits per heavy atom. The van der Waals surface area contributed by atoms with E-state index < -0.39 is 22.2 Å². The molecule has 4 atom stereocenters. The quantitative estimate of drug-likeness (QED) is 0.332. The molecule has 11 heteroatoms. The van der Waals surface area contributed by atoms with Crippen LogP contribution < -0.4 is 10.1 Å². The number of nitrogens with one attached hydrogen (secondary N) is 1. The fourth-order valence-electron chi connectivity index (χ4n) is 5.50. The summed E-state index contributed by atoms with van der Waals surface area (Å²) >= 11 is 0. The van der Waals surface area contributed by atoms with E-state index >= 15 is 0 Å². The van der Waals surface area contributed by atoms with E-state index in [1.807, 2.05) is 26.8 Å². The normalized spacial score (nSPS) is 20.5. The first-order valence-corrected chi connectivity index (χ1v) is 17.6. The fraction of sp³-hybridized carbons (Fsp3) is 0.444. The van der Waals surface area contributed by atoms with Gasteiger partial charge in [0.05, 0.1) is 35.3 Å². The molecule has 3 aromatic rings. The van der Waals surface area contributed by atoms with Gasteiger partial charge in [-0.25, -0.2) is 8.42 Å². The second kappa shape index (κ2) is 16.4. The standard InChI is InChI=1S/C36H47N3O7S/c1-25-14-17-31(18-15-25)47(43,44)38(5)23-34-26(2)22-39(27(3)24-40)36(42)32-21-30(37-35(41)29-12-7-6-8-13-29)16-19-33(32)46-28(4)11-9-10-20-45-34/h6-8,12-19,21,26-28,34,40H,9-11,20,22-24H2,1-5H3,(H,37,41)/t26-,27+,28+,34-/m0/s1. The van der Waals surface area contributed by atoms with Gasteiger partial charge in [0.15, 0.2) is 0 Å². The number of carbonyl (C=O) groups excluding carboxylic acids is 2. The zero-order valence-corrected chi connectivity index (χ0v) is 28.7. The molecule has 0 saturated carbocycles. The van der Waals surface area contributed by atoms with E-state index in [-0.39, 0.29) is 54.0 Å². The third-order valence-electron chi connectivity index (χ3n) is 8.51. The maximum Gasteiger partial charge on any atom is 0.258 e. The SMILES string of the molecule is Cc1ccc(S(=O)(=O)N(C)C[C@@H]2OCCCC[C@@H](C)Oc3ccc(NC(=O)c4ccccc4)cc3C(=O)N([C@H](C)CO)C[C@@H]2C)cc1. The molecule has 4 rings (SSSR count). The van der Waals surface area contributed by atoms with E-state index in [1.54, 1.807) is 78.6 Å². The van der Waals surface area contributed by atoms with Gasteiger partial charge in [-0.3, -0.25) is 9.59 Å². The second-order valence-corrected chi connectivity index (χ2v) is 14.5. The maximum absolute atomic E-state index is 14.3. The number of sulfonamides is 1. The number of ether oxygens (including phenoxy) is 2. The van der Waals surface area contributed by atoms with Crippen LogP contribution in [0.25, 0.3) is 0 Å². The monoisotopic (exact) mass is 665 g/mol. The van der Waals surface area contributed by atoms with Crippen LogP contribution in [0.2, 0.25) is 0 Å². The molecular formula is C36H47N3O7S. The molecule has 0 spiro atoms. The van der Waals surface area contributed by atoms with E-state index in [0.717, 1.165) is 18.4 Å². The van der Waals surface area contributed by atoms with Crippen molar-refractivity contribution >= 4 is 27.5 Å². The average molecular weight is 666 g/mol. The number of aliphatic hydroxyl groups excluding tert-OH is 1. The third-order valence-corrected chi connectivity index (χ3v) is 10.3. The summed E-state index contributed by atoms with van der Waals surface area (Å²) in [6.45, 7) is 7.91. The molecule has 0 saturated heterocycles. The molecule has 254 valence electrons. The second-order valence-electron chi connectivity index (χ2n) is 12.4. The highest BCUT2D eigenvalue weighted by Crippen LogP contribution is 2.29. The van der Waals surface area contributed by atoms with Gasteiger partial charge in [0, 0.05) is 43.9 Å². The van der Waals surface area contributed by atoms with Gasteiger partial charge in [-0.2, -0.15) is 4.31 Å². The summed E-state index contributed by atoms with van der Waals surface area (Å²) < 4.78 is 40.8. The van der Waals surface area contributed by atoms with Crippen LogP contribution in [0.4, 0.5) is 5.69 Å². The zero-order chi connectivity index (χ0) is 34.1. The molecule has 1 aliphatic rings. The summed E-state index contributed by atoms with van der Waals surface area (Å²) in [7, 11) is -2.25. The molecule has 0 aliphatic carbocycles. The van der Waals surface area contributed by atoms with Crippen LogP contribution in [0.15, 0.2) is 77.7 Å². The van der Waals surface area contributed by atoms with Gasteiger partial charge < -0.3 is 24.8 Å². The van der Waals surface area contributed by atoms with Crippen molar-refractivity contribution in [1.82, 2.24) is 9.21 Å². The zero-order valence-electron chi connectivity index (χ0n) is 27.9. The molecule has 2 N–H and O–H groups in total. The lowest BCUT2D eigenvalue weighted by Crippen LogP contribution is -2.48. The first kappa shape index (κ1) is 36.1. The van der Waals surface area contributed by atoms with Crippen molar-refractivity contribution in [3.05, 3.63) is 89.5 Å². The average Bonchev–Trinajstić information content (AvgIpc) is 3.06. The van der Waals surface area contributed by atoms with Crippen molar-refractivity contribution in [2.45, 2.75) is 70.1 Å². The van der Waals surface area contributed by atoms with Crippen molar-refractivity contribution < 1.29 is 32.6 Å². The number of benzene rings is 3. The molecule has 47 heavy (non-hydrogen) atoms. The van der Waals surface area contributed by atoms with Gasteiger partial charge in [0.2, 0.25) is 10.0 Å². The van der Waals surface area contributed by atoms with Crippen molar-refractivity contribution in [3.8, 4) is 5.75 Å². The lowest BCUT2D eigenvalue weighted by molar-refractivity contribution is -0.00834. The van der Waals surface area contributed by atoms with Crippen LogP contribution in [-0.2, 0) is 14.8 Å². The van der Waals surface area contributed by atoms with Crippen LogP contribution in [0.1, 0.15) is 66.3 Å². The number of rotatable bonds is 8. The predicted molar refractivity (Wildman–Crippen MR) is 182 cm³/mol. The Bertz CT molecular complexity index is 1600. The lowest BCUT2D eigenvalue weighted by Gasteiger charge is -2.35. The maximum atomic E-state index is 14.3. The summed E-state index contributed by atoms with van der Waals surface area (Å²) in [6, 6.07) is 20.0. The van der Waals surface area contributed by atoms with E-state index in [9.17, 15) is 23.1 Å². The summed E-state index contributed by atoms with van der Waals surface area (Å²) in [5, 5.41) is 13.1. The lowest BCUT2D eigenvalue weighted by atomic mass is 10.0. The Balaban J connectivity index is 1.65. The van der Waals surface area contributed by atoms with Gasteiger partial charge >= 0.3 is 0 Å². The number of anilines is 1. The number of amides is 2. The molecule has 0 bridgehead atoms. The highest BCUT2D eigenvalue weighted by Gasteiger charge is 2.32. The third kappa shape index (κ3) is 9.41. The Kier molecular flexibility index (Phi) is 12.6. The Labute approximate surface area is 278 Å². The van der Waals surface area contributed by atoms with Crippen LogP contribution in [0.5, 0.6) is 5.75 Å². The molecule has 1 heterocycles. The van der Waals surface area contributed by atoms with Gasteiger partial charge in [0.25, 0.3) is 11.8 Å². The van der Waals surface area contributed by atoms with Gasteiger partial charge in [0.1, 0.15) is 5.75 Å². The number of fused-ring (bicyclic) bond motifs is 1. The molecule has 1 aliphatic heterocycles. The molecule has 10 nitrogen and oxygen atoms in total. The van der Waals surface area contributed by atoms with E-state index in [1.165, 1.54) is 11.4 Å². The van der Waals surface area contributed by atoms with Crippen LogP contribution in [-0.4, -0.2) is 86.1 Å². The van der Waals surface area contributed by atoms with Crippen molar-refractivity contribution in [2.75, 3.05) is 38.7 Å². The van der Waals surface area contributed by atoms with Gasteiger partial charge in [-0.1, -0.05) is 42.8 Å². The number of hydrogen-bond acceptors (Lipinski definition) is 7. The minimum Gasteiger partial charge on any atom is -0.490 e. The summed E-state index contributed by atoms with van der Waals surface area (Å²) in [5.41, 5.74) is 2.12. The number of aryl methyl sites for hydroxylation is 1. The van der Waals surface area contributed by atoms with Crippen molar-refractivity contribution in [2.24, 2.45) is 5.92 Å². The van der Waals surface area contributed by atoms with Crippen molar-refractivity contribution in [1.29, 1.82) is 0 Å². The molecule has 3 aromatic carbocycles. The topological polar surface area (TPSA) is 125 Å². The van der Waals surface area contributed by atoms with E-state index in [0.29, 0.717) is 30.0 Å². The highest BCUT2D eigenvalue weighted by molar-refractivity contribution is 7.89. The Hall–Kier alpha value is -3.77.